The molecule has 2 fully saturated rings. The minimum atomic E-state index is -0.154. The van der Waals surface area contributed by atoms with Crippen LogP contribution in [-0.2, 0) is 4.84 Å². The van der Waals surface area contributed by atoms with Gasteiger partial charge in [0.05, 0.1) is 23.7 Å². The van der Waals surface area contributed by atoms with Crippen LogP contribution in [0.4, 0.5) is 10.5 Å². The lowest BCUT2D eigenvalue weighted by molar-refractivity contribution is 0.0887. The van der Waals surface area contributed by atoms with Crippen molar-refractivity contribution in [2.24, 2.45) is 5.16 Å². The molecule has 0 unspecified atom stereocenters. The number of benzene rings is 2. The van der Waals surface area contributed by atoms with E-state index in [-0.39, 0.29) is 24.0 Å². The fourth-order valence-corrected chi connectivity index (χ4v) is 5.30. The van der Waals surface area contributed by atoms with E-state index < -0.39 is 0 Å². The van der Waals surface area contributed by atoms with Crippen LogP contribution in [-0.4, -0.2) is 78.9 Å². The molecule has 2 atom stereocenters. The van der Waals surface area contributed by atoms with Crippen molar-refractivity contribution in [1.29, 1.82) is 0 Å². The molecule has 3 aromatic rings. The Morgan fingerprint density at radius 2 is 1.94 bits per heavy atom. The second-order valence-corrected chi connectivity index (χ2v) is 9.72. The predicted molar refractivity (Wildman–Crippen MR) is 141 cm³/mol. The molecule has 2 aliphatic rings. The average molecular weight is 509 g/mol. The number of H-pyrrole nitrogens is 1. The Bertz CT molecular complexity index is 1320. The molecular formula is C26H29ClN6O3. The van der Waals surface area contributed by atoms with Crippen LogP contribution in [0.5, 0.6) is 0 Å². The van der Waals surface area contributed by atoms with E-state index in [1.54, 1.807) is 23.2 Å². The molecule has 1 aromatic heterocycles. The van der Waals surface area contributed by atoms with Crippen molar-refractivity contribution in [3.8, 4) is 0 Å². The number of nitrogens with zero attached hydrogens (tertiary/aromatic N) is 4. The van der Waals surface area contributed by atoms with Crippen molar-refractivity contribution in [1.82, 2.24) is 20.1 Å². The normalized spacial score (nSPS) is 20.0. The monoisotopic (exact) mass is 508 g/mol. The molecule has 0 bridgehead atoms. The quantitative estimate of drug-likeness (QED) is 0.310. The Kier molecular flexibility index (Phi) is 6.49. The summed E-state index contributed by atoms with van der Waals surface area (Å²) in [5.41, 5.74) is 3.08. The number of fused-ring (bicyclic) bond motifs is 2. The maximum absolute atomic E-state index is 13.3. The summed E-state index contributed by atoms with van der Waals surface area (Å²) < 4.78 is 0. The molecule has 2 saturated heterocycles. The molecule has 0 spiro atoms. The number of carbonyl (C=O) groups is 2. The maximum Gasteiger partial charge on any atom is 0.324 e. The summed E-state index contributed by atoms with van der Waals surface area (Å²) in [7, 11) is 5.31. The molecule has 3 amide bonds. The lowest BCUT2D eigenvalue weighted by atomic mass is 9.97. The van der Waals surface area contributed by atoms with Crippen molar-refractivity contribution in [2.45, 2.75) is 24.9 Å². The second-order valence-electron chi connectivity index (χ2n) is 9.31. The van der Waals surface area contributed by atoms with Gasteiger partial charge in [-0.05, 0) is 49.2 Å². The van der Waals surface area contributed by atoms with E-state index in [0.29, 0.717) is 29.5 Å². The van der Waals surface area contributed by atoms with Gasteiger partial charge in [-0.2, -0.15) is 0 Å². The molecule has 36 heavy (non-hydrogen) atoms. The summed E-state index contributed by atoms with van der Waals surface area (Å²) in [5, 5.41) is 8.77. The van der Waals surface area contributed by atoms with Crippen LogP contribution in [0.3, 0.4) is 0 Å². The first-order valence-corrected chi connectivity index (χ1v) is 12.3. The lowest BCUT2D eigenvalue weighted by Crippen LogP contribution is -2.54. The van der Waals surface area contributed by atoms with E-state index in [1.165, 1.54) is 7.11 Å². The Hall–Kier alpha value is -3.72. The van der Waals surface area contributed by atoms with E-state index in [1.807, 2.05) is 54.2 Å². The summed E-state index contributed by atoms with van der Waals surface area (Å²) in [6.07, 6.45) is 3.37. The van der Waals surface area contributed by atoms with Gasteiger partial charge in [-0.25, -0.2) is 4.79 Å². The first-order valence-electron chi connectivity index (χ1n) is 11.9. The highest BCUT2D eigenvalue weighted by Crippen LogP contribution is 2.31. The minimum absolute atomic E-state index is 0.0347. The Morgan fingerprint density at radius 1 is 1.19 bits per heavy atom. The fourth-order valence-electron chi connectivity index (χ4n) is 5.08. The molecule has 0 saturated carbocycles. The van der Waals surface area contributed by atoms with Gasteiger partial charge in [0.2, 0.25) is 0 Å². The highest BCUT2D eigenvalue weighted by Gasteiger charge is 2.44. The SMILES string of the molecule is CON=C(c1ccc(N2C[C@@H]3[C@H](NC(=O)c4ccc5c(Cl)c[nH]c5c4)CCCN3C2=O)cc1)N(C)C. The third kappa shape index (κ3) is 4.35. The van der Waals surface area contributed by atoms with Crippen LogP contribution in [0.1, 0.15) is 28.8 Å². The molecule has 188 valence electrons. The zero-order valence-electron chi connectivity index (χ0n) is 20.5. The highest BCUT2D eigenvalue weighted by molar-refractivity contribution is 6.35. The Balaban J connectivity index is 1.32. The standard InChI is InChI=1S/C26H29ClN6O3/c1-31(2)24(30-36-3)16-6-9-18(10-7-16)33-15-23-21(5-4-12-32(23)26(33)35)29-25(34)17-8-11-19-20(27)14-28-22(19)13-17/h6-11,13-14,21,23,28H,4-5,12,15H2,1-3H3,(H,29,34)/t21-,23-/m1/s1. The molecule has 2 N–H and O–H groups in total. The van der Waals surface area contributed by atoms with E-state index in [4.69, 9.17) is 16.4 Å². The molecule has 10 heteroatoms. The van der Waals surface area contributed by atoms with Crippen molar-refractivity contribution in [3.63, 3.8) is 0 Å². The van der Waals surface area contributed by atoms with E-state index in [9.17, 15) is 9.59 Å². The number of piperidine rings is 1. The van der Waals surface area contributed by atoms with Crippen LogP contribution in [0.2, 0.25) is 5.02 Å². The van der Waals surface area contributed by atoms with Gasteiger partial charge < -0.3 is 24.9 Å². The van der Waals surface area contributed by atoms with Crippen LogP contribution >= 0.6 is 11.6 Å². The number of carbonyl (C=O) groups excluding carboxylic acids is 2. The van der Waals surface area contributed by atoms with Gasteiger partial charge in [0.1, 0.15) is 7.11 Å². The number of nitrogens with one attached hydrogen (secondary N) is 2. The highest BCUT2D eigenvalue weighted by atomic mass is 35.5. The van der Waals surface area contributed by atoms with Crippen LogP contribution in [0, 0.1) is 0 Å². The van der Waals surface area contributed by atoms with Crippen LogP contribution in [0.25, 0.3) is 10.9 Å². The van der Waals surface area contributed by atoms with Crippen LogP contribution < -0.4 is 10.2 Å². The molecular weight excluding hydrogens is 480 g/mol. The van der Waals surface area contributed by atoms with Crippen molar-refractivity contribution < 1.29 is 14.4 Å². The molecule has 0 aliphatic carbocycles. The summed E-state index contributed by atoms with van der Waals surface area (Å²) in [6.45, 7) is 1.20. The Morgan fingerprint density at radius 3 is 2.67 bits per heavy atom. The van der Waals surface area contributed by atoms with Crippen molar-refractivity contribution in [3.05, 3.63) is 64.8 Å². The number of hydrogen-bond donors (Lipinski definition) is 2. The topological polar surface area (TPSA) is 93.3 Å². The summed E-state index contributed by atoms with van der Waals surface area (Å²) >= 11 is 6.16. The molecule has 0 radical (unpaired) electrons. The summed E-state index contributed by atoms with van der Waals surface area (Å²) in [4.78, 5) is 40.0. The van der Waals surface area contributed by atoms with Crippen molar-refractivity contribution in [2.75, 3.05) is 39.2 Å². The average Bonchev–Trinajstić information content (AvgIpc) is 3.42. The largest absolute Gasteiger partial charge is 0.397 e. The molecule has 9 nitrogen and oxygen atoms in total. The first kappa shape index (κ1) is 24.0. The number of anilines is 1. The number of aromatic amines is 1. The summed E-state index contributed by atoms with van der Waals surface area (Å²) in [6, 6.07) is 12.9. The van der Waals surface area contributed by atoms with Gasteiger partial charge in [0, 0.05) is 54.6 Å². The number of aromatic nitrogens is 1. The number of oxime groups is 1. The Labute approximate surface area is 214 Å². The lowest BCUT2D eigenvalue weighted by Gasteiger charge is -2.35. The number of rotatable bonds is 5. The van der Waals surface area contributed by atoms with Crippen molar-refractivity contribution >= 4 is 46.0 Å². The van der Waals surface area contributed by atoms with E-state index >= 15 is 0 Å². The van der Waals surface area contributed by atoms with Gasteiger partial charge in [0.25, 0.3) is 5.91 Å². The number of urea groups is 1. The molecule has 5 rings (SSSR count). The number of amidine groups is 1. The fraction of sp³-hybridized carbons (Fsp3) is 0.346. The van der Waals surface area contributed by atoms with E-state index in [2.05, 4.69) is 15.5 Å². The van der Waals surface area contributed by atoms with Gasteiger partial charge in [-0.15, -0.1) is 0 Å². The zero-order valence-corrected chi connectivity index (χ0v) is 21.2. The van der Waals surface area contributed by atoms with Gasteiger partial charge in [0.15, 0.2) is 5.84 Å². The number of halogens is 1. The molecule has 2 aromatic carbocycles. The number of amides is 3. The third-order valence-electron chi connectivity index (χ3n) is 6.87. The van der Waals surface area contributed by atoms with Gasteiger partial charge >= 0.3 is 6.03 Å². The van der Waals surface area contributed by atoms with Crippen LogP contribution in [0.15, 0.2) is 53.8 Å². The number of hydrogen-bond acceptors (Lipinski definition) is 4. The molecule has 2 aliphatic heterocycles. The first-order chi connectivity index (χ1) is 17.4. The van der Waals surface area contributed by atoms with Gasteiger partial charge in [-0.3, -0.25) is 9.69 Å². The summed E-state index contributed by atoms with van der Waals surface area (Å²) in [5.74, 6) is 0.537. The molecule has 3 heterocycles. The third-order valence-corrected chi connectivity index (χ3v) is 7.19. The van der Waals surface area contributed by atoms with E-state index in [0.717, 1.165) is 35.0 Å². The smallest absolute Gasteiger partial charge is 0.324 e. The second kappa shape index (κ2) is 9.73. The predicted octanol–water partition coefficient (Wildman–Crippen LogP) is 3.89. The zero-order chi connectivity index (χ0) is 25.4. The minimum Gasteiger partial charge on any atom is -0.397 e. The maximum atomic E-state index is 13.3. The van der Waals surface area contributed by atoms with Gasteiger partial charge in [-0.1, -0.05) is 22.8 Å².